The van der Waals surface area contributed by atoms with Crippen LogP contribution in [0.5, 0.6) is 0 Å². The van der Waals surface area contributed by atoms with E-state index >= 15 is 0 Å². The number of hydrogen-bond donors (Lipinski definition) is 3. The number of ketones is 1. The highest BCUT2D eigenvalue weighted by Crippen LogP contribution is 2.44. The van der Waals surface area contributed by atoms with Gasteiger partial charge in [0.15, 0.2) is 5.78 Å². The number of fused-ring (bicyclic) bond motifs is 3. The van der Waals surface area contributed by atoms with Gasteiger partial charge in [0.2, 0.25) is 0 Å². The summed E-state index contributed by atoms with van der Waals surface area (Å²) in [5, 5.41) is 23.3. The molecule has 1 amide bonds. The lowest BCUT2D eigenvalue weighted by molar-refractivity contribution is 0.0185. The fourth-order valence-electron chi connectivity index (χ4n) is 4.35. The highest BCUT2D eigenvalue weighted by Gasteiger charge is 2.29. The number of nitrogens with one attached hydrogen (secondary N) is 1. The Morgan fingerprint density at radius 3 is 2.00 bits per heavy atom. The van der Waals surface area contributed by atoms with Crippen LogP contribution in [-0.4, -0.2) is 41.3 Å². The van der Waals surface area contributed by atoms with Gasteiger partial charge in [-0.15, -0.1) is 0 Å². The lowest BCUT2D eigenvalue weighted by Gasteiger charge is -2.19. The zero-order valence-electron chi connectivity index (χ0n) is 19.3. The molecule has 3 aromatic carbocycles. The molecule has 0 heterocycles. The molecule has 0 aliphatic heterocycles. The largest absolute Gasteiger partial charge is 0.449 e. The first-order valence-corrected chi connectivity index (χ1v) is 11.5. The van der Waals surface area contributed by atoms with Crippen LogP contribution in [0.25, 0.3) is 11.1 Å². The van der Waals surface area contributed by atoms with E-state index in [1.807, 2.05) is 50.2 Å². The van der Waals surface area contributed by atoms with Crippen LogP contribution in [0.2, 0.25) is 0 Å². The van der Waals surface area contributed by atoms with Gasteiger partial charge in [-0.3, -0.25) is 4.79 Å². The molecule has 0 saturated carbocycles. The van der Waals surface area contributed by atoms with Gasteiger partial charge >= 0.3 is 6.09 Å². The van der Waals surface area contributed by atoms with Crippen LogP contribution >= 0.6 is 0 Å². The van der Waals surface area contributed by atoms with Gasteiger partial charge in [-0.25, -0.2) is 4.79 Å². The van der Waals surface area contributed by atoms with Crippen molar-refractivity contribution in [2.45, 2.75) is 32.0 Å². The number of carbonyl (C=O) groups excluding carboxylic acids is 2. The molecule has 3 N–H and O–H groups in total. The quantitative estimate of drug-likeness (QED) is 0.432. The Morgan fingerprint density at radius 2 is 1.44 bits per heavy atom. The Morgan fingerprint density at radius 1 is 0.882 bits per heavy atom. The number of ether oxygens (including phenoxy) is 1. The smallest absolute Gasteiger partial charge is 0.407 e. The molecule has 176 valence electrons. The first-order chi connectivity index (χ1) is 16.4. The van der Waals surface area contributed by atoms with Gasteiger partial charge in [0.05, 0.1) is 0 Å². The average molecular weight is 460 g/mol. The van der Waals surface area contributed by atoms with Crippen LogP contribution in [0.4, 0.5) is 4.79 Å². The molecule has 6 heteroatoms. The Labute approximate surface area is 199 Å². The number of hydrogen-bond acceptors (Lipinski definition) is 5. The van der Waals surface area contributed by atoms with Crippen LogP contribution in [0.15, 0.2) is 72.8 Å². The summed E-state index contributed by atoms with van der Waals surface area (Å²) in [5.74, 6) is -0.165. The molecule has 0 radical (unpaired) electrons. The van der Waals surface area contributed by atoms with Crippen LogP contribution in [0, 0.1) is 5.92 Å². The molecule has 1 aliphatic carbocycles. The van der Waals surface area contributed by atoms with Gasteiger partial charge in [-0.1, -0.05) is 86.6 Å². The number of benzene rings is 3. The predicted octanol–water partition coefficient (Wildman–Crippen LogP) is 4.46. The molecule has 1 aliphatic rings. The normalized spacial score (nSPS) is 14.3. The van der Waals surface area contributed by atoms with Crippen LogP contribution < -0.4 is 5.32 Å². The van der Waals surface area contributed by atoms with E-state index in [4.69, 9.17) is 4.74 Å². The molecule has 3 aromatic rings. The molecular formula is C28H29NO5. The summed E-state index contributed by atoms with van der Waals surface area (Å²) < 4.78 is 5.46. The standard InChI is InChI=1S/C28H29NO5/c1-17(2)26(31)18-11-13-19(14-12-18)27(32)25(30)15-29-28(33)34-16-24-22-9-5-3-7-20(22)21-8-4-6-10-23(21)24/h3-14,17,24-25,27,30,32H,15-16H2,1-2H3,(H,29,33). The molecule has 0 fully saturated rings. The molecule has 4 rings (SSSR count). The predicted molar refractivity (Wildman–Crippen MR) is 130 cm³/mol. The van der Waals surface area contributed by atoms with Gasteiger partial charge in [-0.2, -0.15) is 0 Å². The molecular weight excluding hydrogens is 430 g/mol. The molecule has 0 spiro atoms. The van der Waals surface area contributed by atoms with Gasteiger partial charge in [0.25, 0.3) is 0 Å². The second-order valence-corrected chi connectivity index (χ2v) is 8.86. The van der Waals surface area contributed by atoms with Crippen LogP contribution in [0.3, 0.4) is 0 Å². The van der Waals surface area contributed by atoms with Crippen LogP contribution in [-0.2, 0) is 4.74 Å². The number of aliphatic hydroxyl groups is 2. The van der Waals surface area contributed by atoms with Crippen LogP contribution in [0.1, 0.15) is 52.9 Å². The molecule has 34 heavy (non-hydrogen) atoms. The van der Waals surface area contributed by atoms with E-state index in [9.17, 15) is 19.8 Å². The SMILES string of the molecule is CC(C)C(=O)c1ccc(C(O)C(O)CNC(=O)OCC2c3ccccc3-c3ccccc32)cc1. The summed E-state index contributed by atoms with van der Waals surface area (Å²) in [5.41, 5.74) is 5.54. The average Bonchev–Trinajstić information content (AvgIpc) is 3.18. The summed E-state index contributed by atoms with van der Waals surface area (Å²) in [4.78, 5) is 24.4. The molecule has 2 atom stereocenters. The van der Waals surface area contributed by atoms with Gasteiger partial charge in [0.1, 0.15) is 18.8 Å². The maximum absolute atomic E-state index is 12.3. The summed E-state index contributed by atoms with van der Waals surface area (Å²) >= 11 is 0. The fraction of sp³-hybridized carbons (Fsp3) is 0.286. The van der Waals surface area contributed by atoms with Crippen molar-refractivity contribution in [3.8, 4) is 11.1 Å². The van der Waals surface area contributed by atoms with Crippen molar-refractivity contribution in [1.29, 1.82) is 0 Å². The van der Waals surface area contributed by atoms with E-state index in [1.54, 1.807) is 24.3 Å². The molecule has 6 nitrogen and oxygen atoms in total. The number of rotatable bonds is 8. The zero-order valence-corrected chi connectivity index (χ0v) is 19.3. The maximum Gasteiger partial charge on any atom is 0.407 e. The Balaban J connectivity index is 1.31. The minimum atomic E-state index is -1.23. The summed E-state index contributed by atoms with van der Waals surface area (Å²) in [6.45, 7) is 3.64. The van der Waals surface area contributed by atoms with Crippen molar-refractivity contribution in [2.75, 3.05) is 13.2 Å². The second kappa shape index (κ2) is 10.2. The van der Waals surface area contributed by atoms with Gasteiger partial charge in [0, 0.05) is 23.9 Å². The first-order valence-electron chi connectivity index (χ1n) is 11.5. The van der Waals surface area contributed by atoms with Crippen molar-refractivity contribution in [2.24, 2.45) is 5.92 Å². The Bertz CT molecular complexity index is 1130. The van der Waals surface area contributed by atoms with E-state index in [-0.39, 0.29) is 30.8 Å². The van der Waals surface area contributed by atoms with Crippen molar-refractivity contribution < 1.29 is 24.5 Å². The van der Waals surface area contributed by atoms with E-state index in [1.165, 1.54) is 0 Å². The Kier molecular flexibility index (Phi) is 7.10. The molecule has 2 unspecified atom stereocenters. The third kappa shape index (κ3) is 4.88. The van der Waals surface area contributed by atoms with Crippen molar-refractivity contribution in [3.05, 3.63) is 95.1 Å². The highest BCUT2D eigenvalue weighted by atomic mass is 16.5. The minimum absolute atomic E-state index is 0.0125. The van der Waals surface area contributed by atoms with E-state index in [2.05, 4.69) is 17.4 Å². The van der Waals surface area contributed by atoms with E-state index < -0.39 is 18.3 Å². The monoisotopic (exact) mass is 459 g/mol. The van der Waals surface area contributed by atoms with Crippen molar-refractivity contribution in [1.82, 2.24) is 5.32 Å². The highest BCUT2D eigenvalue weighted by molar-refractivity contribution is 5.97. The third-order valence-electron chi connectivity index (χ3n) is 6.22. The van der Waals surface area contributed by atoms with Gasteiger partial charge < -0.3 is 20.3 Å². The van der Waals surface area contributed by atoms with Crippen molar-refractivity contribution >= 4 is 11.9 Å². The molecule has 0 aromatic heterocycles. The van der Waals surface area contributed by atoms with E-state index in [0.29, 0.717) is 11.1 Å². The second-order valence-electron chi connectivity index (χ2n) is 8.86. The number of alkyl carbamates (subject to hydrolysis) is 1. The lowest BCUT2D eigenvalue weighted by atomic mass is 9.97. The fourth-order valence-corrected chi connectivity index (χ4v) is 4.35. The summed E-state index contributed by atoms with van der Waals surface area (Å²) in [7, 11) is 0. The zero-order chi connectivity index (χ0) is 24.2. The summed E-state index contributed by atoms with van der Waals surface area (Å²) in [6.07, 6.45) is -3.10. The molecule has 0 bridgehead atoms. The van der Waals surface area contributed by atoms with E-state index in [0.717, 1.165) is 22.3 Å². The summed E-state index contributed by atoms with van der Waals surface area (Å²) in [6, 6.07) is 22.6. The number of amides is 1. The number of carbonyl (C=O) groups is 2. The minimum Gasteiger partial charge on any atom is -0.449 e. The topological polar surface area (TPSA) is 95.9 Å². The maximum atomic E-state index is 12.3. The van der Waals surface area contributed by atoms with Crippen molar-refractivity contribution in [3.63, 3.8) is 0 Å². The number of Topliss-reactive ketones (excluding diaryl/α,β-unsaturated/α-hetero) is 1. The number of aliphatic hydroxyl groups excluding tert-OH is 2. The first kappa shape index (κ1) is 23.7. The molecule has 0 saturated heterocycles. The Hall–Kier alpha value is -3.48. The van der Waals surface area contributed by atoms with Gasteiger partial charge in [-0.05, 0) is 27.8 Å². The third-order valence-corrected chi connectivity index (χ3v) is 6.22. The lowest BCUT2D eigenvalue weighted by Crippen LogP contribution is -2.36.